The Morgan fingerprint density at radius 2 is 1.79 bits per heavy atom. The summed E-state index contributed by atoms with van der Waals surface area (Å²) in [6.07, 6.45) is 0. The van der Waals surface area contributed by atoms with Gasteiger partial charge < -0.3 is 5.11 Å². The van der Waals surface area contributed by atoms with Crippen molar-refractivity contribution < 1.29 is 18.3 Å². The first-order chi connectivity index (χ1) is 8.64. The highest BCUT2D eigenvalue weighted by Crippen LogP contribution is 2.24. The molecule has 1 atom stereocenters. The topological polar surface area (TPSA) is 74.7 Å². The molecule has 0 aliphatic heterocycles. The van der Waals surface area contributed by atoms with E-state index in [0.717, 1.165) is 4.31 Å². The highest BCUT2D eigenvalue weighted by molar-refractivity contribution is 7.89. The summed E-state index contributed by atoms with van der Waals surface area (Å²) in [5.74, 6) is -1.87. The lowest BCUT2D eigenvalue weighted by Crippen LogP contribution is -2.33. The van der Waals surface area contributed by atoms with Gasteiger partial charge in [-0.15, -0.1) is 0 Å². The van der Waals surface area contributed by atoms with Gasteiger partial charge in [0.15, 0.2) is 0 Å². The van der Waals surface area contributed by atoms with E-state index in [1.165, 1.54) is 32.2 Å². The Hall–Kier alpha value is -0.820. The molecule has 19 heavy (non-hydrogen) atoms. The van der Waals surface area contributed by atoms with E-state index in [2.05, 4.69) is 0 Å². The maximum Gasteiger partial charge on any atom is 0.307 e. The van der Waals surface area contributed by atoms with Crippen LogP contribution in [0.4, 0.5) is 0 Å². The highest BCUT2D eigenvalue weighted by atomic mass is 35.5. The third-order valence-electron chi connectivity index (χ3n) is 2.50. The van der Waals surface area contributed by atoms with Gasteiger partial charge in [0.1, 0.15) is 0 Å². The number of carboxylic acid groups (broad SMARTS) is 1. The van der Waals surface area contributed by atoms with Crippen LogP contribution in [-0.2, 0) is 14.8 Å². The van der Waals surface area contributed by atoms with Crippen LogP contribution in [0, 0.1) is 5.92 Å². The Morgan fingerprint density at radius 3 is 2.21 bits per heavy atom. The van der Waals surface area contributed by atoms with Gasteiger partial charge in [-0.25, -0.2) is 12.7 Å². The zero-order chi connectivity index (χ0) is 14.8. The molecule has 1 aromatic rings. The van der Waals surface area contributed by atoms with Crippen molar-refractivity contribution in [2.75, 3.05) is 13.6 Å². The molecule has 0 aliphatic rings. The van der Waals surface area contributed by atoms with Gasteiger partial charge in [0.2, 0.25) is 10.0 Å². The molecule has 5 nitrogen and oxygen atoms in total. The van der Waals surface area contributed by atoms with Crippen LogP contribution in [0.1, 0.15) is 6.92 Å². The average Bonchev–Trinajstić information content (AvgIpc) is 2.27. The molecule has 0 saturated heterocycles. The third-order valence-corrected chi connectivity index (χ3v) is 4.73. The largest absolute Gasteiger partial charge is 0.481 e. The summed E-state index contributed by atoms with van der Waals surface area (Å²) in [6, 6.07) is 3.96. The number of rotatable bonds is 5. The fourth-order valence-corrected chi connectivity index (χ4v) is 3.41. The molecule has 1 aromatic carbocycles. The smallest absolute Gasteiger partial charge is 0.307 e. The molecule has 0 spiro atoms. The summed E-state index contributed by atoms with van der Waals surface area (Å²) < 4.78 is 25.4. The number of hydrogen-bond donors (Lipinski definition) is 1. The van der Waals surface area contributed by atoms with Gasteiger partial charge >= 0.3 is 5.97 Å². The lowest BCUT2D eigenvalue weighted by molar-refractivity contribution is -0.141. The van der Waals surface area contributed by atoms with Crippen molar-refractivity contribution in [2.45, 2.75) is 11.8 Å². The second-order valence-corrected chi connectivity index (χ2v) is 7.05. The number of halogens is 2. The first-order valence-corrected chi connectivity index (χ1v) is 7.49. The van der Waals surface area contributed by atoms with Crippen molar-refractivity contribution in [2.24, 2.45) is 5.92 Å². The zero-order valence-corrected chi connectivity index (χ0v) is 12.6. The summed E-state index contributed by atoms with van der Waals surface area (Å²) in [5, 5.41) is 9.19. The van der Waals surface area contributed by atoms with Crippen molar-refractivity contribution in [3.05, 3.63) is 28.2 Å². The van der Waals surface area contributed by atoms with Crippen LogP contribution in [0.15, 0.2) is 23.1 Å². The standard InChI is InChI=1S/C11H13Cl2NO4S/c1-7(11(15)16)6-14(2)19(17,18)10-4-8(12)3-9(13)5-10/h3-5,7H,6H2,1-2H3,(H,15,16). The minimum Gasteiger partial charge on any atom is -0.481 e. The molecule has 0 bridgehead atoms. The Kier molecular flexibility index (Phi) is 5.20. The van der Waals surface area contributed by atoms with Crippen LogP contribution in [0.3, 0.4) is 0 Å². The molecule has 1 unspecified atom stereocenters. The van der Waals surface area contributed by atoms with Crippen LogP contribution < -0.4 is 0 Å². The van der Waals surface area contributed by atoms with Crippen molar-refractivity contribution >= 4 is 39.2 Å². The van der Waals surface area contributed by atoms with E-state index in [0.29, 0.717) is 0 Å². The SMILES string of the molecule is CC(CN(C)S(=O)(=O)c1cc(Cl)cc(Cl)c1)C(=O)O. The number of carbonyl (C=O) groups is 1. The van der Waals surface area contributed by atoms with Crippen LogP contribution in [0.2, 0.25) is 10.0 Å². The van der Waals surface area contributed by atoms with Gasteiger partial charge in [0.25, 0.3) is 0 Å². The van der Waals surface area contributed by atoms with Gasteiger partial charge in [-0.3, -0.25) is 4.79 Å². The highest BCUT2D eigenvalue weighted by Gasteiger charge is 2.25. The molecule has 8 heteroatoms. The maximum absolute atomic E-state index is 12.2. The molecule has 0 aromatic heterocycles. The first-order valence-electron chi connectivity index (χ1n) is 5.30. The van der Waals surface area contributed by atoms with Gasteiger partial charge in [-0.05, 0) is 18.2 Å². The van der Waals surface area contributed by atoms with E-state index in [1.54, 1.807) is 0 Å². The molecule has 0 saturated carbocycles. The van der Waals surface area contributed by atoms with Crippen LogP contribution in [-0.4, -0.2) is 37.4 Å². The van der Waals surface area contributed by atoms with Gasteiger partial charge in [0.05, 0.1) is 10.8 Å². The summed E-state index contributed by atoms with van der Waals surface area (Å²) in [6.45, 7) is 1.29. The van der Waals surface area contributed by atoms with Gasteiger partial charge in [0, 0.05) is 23.6 Å². The second-order valence-electron chi connectivity index (χ2n) is 4.13. The monoisotopic (exact) mass is 325 g/mol. The molecule has 0 amide bonds. The Balaban J connectivity index is 3.06. The number of hydrogen-bond acceptors (Lipinski definition) is 3. The normalized spacial score (nSPS) is 13.5. The van der Waals surface area contributed by atoms with Crippen molar-refractivity contribution in [3.8, 4) is 0 Å². The van der Waals surface area contributed by atoms with E-state index in [4.69, 9.17) is 28.3 Å². The Bertz CT molecular complexity index is 568. The minimum absolute atomic E-state index is 0.0647. The maximum atomic E-state index is 12.2. The summed E-state index contributed by atoms with van der Waals surface area (Å²) in [4.78, 5) is 10.7. The van der Waals surface area contributed by atoms with Crippen molar-refractivity contribution in [1.82, 2.24) is 4.31 Å². The van der Waals surface area contributed by atoms with Crippen LogP contribution in [0.5, 0.6) is 0 Å². The molecule has 106 valence electrons. The summed E-state index contributed by atoms with van der Waals surface area (Å²) in [7, 11) is -2.50. The molecule has 0 aliphatic carbocycles. The average molecular weight is 326 g/mol. The van der Waals surface area contributed by atoms with Gasteiger partial charge in [-0.1, -0.05) is 30.1 Å². The van der Waals surface area contributed by atoms with Gasteiger partial charge in [-0.2, -0.15) is 0 Å². The van der Waals surface area contributed by atoms with Crippen LogP contribution >= 0.6 is 23.2 Å². The number of carboxylic acids is 1. The molecule has 1 rings (SSSR count). The van der Waals surface area contributed by atoms with Crippen molar-refractivity contribution in [1.29, 1.82) is 0 Å². The fourth-order valence-electron chi connectivity index (χ4n) is 1.42. The third kappa shape index (κ3) is 4.07. The first kappa shape index (κ1) is 16.2. The van der Waals surface area contributed by atoms with E-state index >= 15 is 0 Å². The Morgan fingerprint density at radius 1 is 1.32 bits per heavy atom. The molecule has 0 heterocycles. The number of nitrogens with zero attached hydrogens (tertiary/aromatic N) is 1. The molecule has 0 fully saturated rings. The molecule has 1 N–H and O–H groups in total. The van der Waals surface area contributed by atoms with E-state index < -0.39 is 21.9 Å². The lowest BCUT2D eigenvalue weighted by atomic mass is 10.2. The predicted molar refractivity (Wildman–Crippen MR) is 73.1 cm³/mol. The number of benzene rings is 1. The fraction of sp³-hybridized carbons (Fsp3) is 0.364. The lowest BCUT2D eigenvalue weighted by Gasteiger charge is -2.19. The summed E-state index contributed by atoms with van der Waals surface area (Å²) in [5.41, 5.74) is 0. The molecular weight excluding hydrogens is 313 g/mol. The predicted octanol–water partition coefficient (Wildman–Crippen LogP) is 2.33. The molecule has 0 radical (unpaired) electrons. The Labute approximate surface area is 121 Å². The second kappa shape index (κ2) is 6.09. The minimum atomic E-state index is -3.81. The zero-order valence-electron chi connectivity index (χ0n) is 10.3. The van der Waals surface area contributed by atoms with E-state index in [9.17, 15) is 13.2 Å². The van der Waals surface area contributed by atoms with Crippen molar-refractivity contribution in [3.63, 3.8) is 0 Å². The number of sulfonamides is 1. The van der Waals surface area contributed by atoms with Crippen LogP contribution in [0.25, 0.3) is 0 Å². The number of aliphatic carboxylic acids is 1. The molecular formula is C11H13Cl2NO4S. The summed E-state index contributed by atoms with van der Waals surface area (Å²) >= 11 is 11.5. The van der Waals surface area contributed by atoms with E-state index in [1.807, 2.05) is 0 Å². The quantitative estimate of drug-likeness (QED) is 0.901. The van der Waals surface area contributed by atoms with E-state index in [-0.39, 0.29) is 21.5 Å².